The molecular weight excluding hydrogens is 242 g/mol. The van der Waals surface area contributed by atoms with Crippen molar-refractivity contribution in [1.29, 1.82) is 0 Å². The molecule has 2 heterocycles. The van der Waals surface area contributed by atoms with Crippen LogP contribution in [0.25, 0.3) is 0 Å². The van der Waals surface area contributed by atoms with E-state index in [1.165, 1.54) is 0 Å². The molecule has 19 heavy (non-hydrogen) atoms. The van der Waals surface area contributed by atoms with Crippen LogP contribution >= 0.6 is 0 Å². The van der Waals surface area contributed by atoms with Crippen molar-refractivity contribution in [3.05, 3.63) is 35.7 Å². The lowest BCUT2D eigenvalue weighted by molar-refractivity contribution is 0.102. The van der Waals surface area contributed by atoms with E-state index in [2.05, 4.69) is 20.4 Å². The number of aromatic nitrogens is 4. The molecule has 1 aliphatic carbocycles. The van der Waals surface area contributed by atoms with E-state index in [1.54, 1.807) is 23.3 Å². The van der Waals surface area contributed by atoms with E-state index in [4.69, 9.17) is 0 Å². The van der Waals surface area contributed by atoms with Gasteiger partial charge in [-0.05, 0) is 19.8 Å². The van der Waals surface area contributed by atoms with E-state index < -0.39 is 0 Å². The molecule has 1 saturated carbocycles. The zero-order valence-corrected chi connectivity index (χ0v) is 10.9. The van der Waals surface area contributed by atoms with Crippen LogP contribution in [0, 0.1) is 6.92 Å². The second-order valence-electron chi connectivity index (χ2n) is 4.86. The lowest BCUT2D eigenvalue weighted by Gasteiger charge is -2.03. The molecule has 0 spiro atoms. The van der Waals surface area contributed by atoms with Crippen molar-refractivity contribution in [3.63, 3.8) is 0 Å². The first-order valence-electron chi connectivity index (χ1n) is 6.27. The van der Waals surface area contributed by atoms with E-state index in [0.717, 1.165) is 24.4 Å². The normalized spacial score (nSPS) is 14.4. The first-order valence-corrected chi connectivity index (χ1v) is 6.27. The summed E-state index contributed by atoms with van der Waals surface area (Å²) in [6.45, 7) is 1.85. The maximum absolute atomic E-state index is 12.0. The molecule has 0 radical (unpaired) electrons. The van der Waals surface area contributed by atoms with Crippen LogP contribution in [0.2, 0.25) is 0 Å². The molecule has 0 bridgehead atoms. The van der Waals surface area contributed by atoms with Gasteiger partial charge in [0, 0.05) is 31.6 Å². The minimum atomic E-state index is -0.210. The van der Waals surface area contributed by atoms with Crippen LogP contribution in [0.15, 0.2) is 18.6 Å². The highest BCUT2D eigenvalue weighted by atomic mass is 16.1. The molecule has 1 aliphatic rings. The van der Waals surface area contributed by atoms with Crippen molar-refractivity contribution in [2.75, 3.05) is 5.32 Å². The molecular formula is C13H15N5O. The second-order valence-corrected chi connectivity index (χ2v) is 4.86. The van der Waals surface area contributed by atoms with Crippen molar-refractivity contribution in [3.8, 4) is 0 Å². The Morgan fingerprint density at radius 3 is 2.58 bits per heavy atom. The van der Waals surface area contributed by atoms with Crippen molar-refractivity contribution in [2.24, 2.45) is 7.05 Å². The van der Waals surface area contributed by atoms with E-state index >= 15 is 0 Å². The Labute approximate surface area is 110 Å². The number of aryl methyl sites for hydroxylation is 2. The topological polar surface area (TPSA) is 72.7 Å². The first kappa shape index (κ1) is 11.8. The van der Waals surface area contributed by atoms with Crippen LogP contribution in [0.3, 0.4) is 0 Å². The first-order chi connectivity index (χ1) is 9.13. The van der Waals surface area contributed by atoms with E-state index in [0.29, 0.717) is 17.2 Å². The van der Waals surface area contributed by atoms with Gasteiger partial charge in [-0.2, -0.15) is 5.10 Å². The van der Waals surface area contributed by atoms with Gasteiger partial charge < -0.3 is 5.32 Å². The lowest BCUT2D eigenvalue weighted by Crippen LogP contribution is -2.13. The molecule has 0 saturated heterocycles. The minimum Gasteiger partial charge on any atom is -0.319 e. The molecule has 6 heteroatoms. The van der Waals surface area contributed by atoms with E-state index in [9.17, 15) is 4.79 Å². The van der Waals surface area contributed by atoms with Gasteiger partial charge in [-0.15, -0.1) is 0 Å². The molecule has 0 aromatic carbocycles. The van der Waals surface area contributed by atoms with Crippen molar-refractivity contribution >= 4 is 11.6 Å². The van der Waals surface area contributed by atoms with Crippen LogP contribution in [-0.4, -0.2) is 25.7 Å². The number of rotatable bonds is 3. The Balaban J connectivity index is 1.74. The summed E-state index contributed by atoms with van der Waals surface area (Å²) in [6.07, 6.45) is 7.25. The highest BCUT2D eigenvalue weighted by Crippen LogP contribution is 2.37. The van der Waals surface area contributed by atoms with Crippen molar-refractivity contribution in [1.82, 2.24) is 19.7 Å². The molecule has 1 fully saturated rings. The Bertz CT molecular complexity index is 612. The van der Waals surface area contributed by atoms with Gasteiger partial charge in [-0.1, -0.05) is 0 Å². The third-order valence-corrected chi connectivity index (χ3v) is 3.14. The molecule has 2 aromatic rings. The second kappa shape index (κ2) is 4.46. The lowest BCUT2D eigenvalue weighted by atomic mass is 10.3. The van der Waals surface area contributed by atoms with Gasteiger partial charge in [0.2, 0.25) is 0 Å². The largest absolute Gasteiger partial charge is 0.319 e. The third-order valence-electron chi connectivity index (χ3n) is 3.14. The molecule has 1 amide bonds. The van der Waals surface area contributed by atoms with Crippen molar-refractivity contribution < 1.29 is 4.79 Å². The predicted octanol–water partition coefficient (Wildman–Crippen LogP) is 1.65. The standard InChI is InChI=1S/C13H15N5O/c1-8-11(7-18(2)17-8)16-13(19)10-5-14-12(15-6-10)9-3-4-9/h5-7,9H,3-4H2,1-2H3,(H,16,19). The van der Waals surface area contributed by atoms with Crippen LogP contribution in [0.1, 0.15) is 40.6 Å². The summed E-state index contributed by atoms with van der Waals surface area (Å²) < 4.78 is 1.66. The summed E-state index contributed by atoms with van der Waals surface area (Å²) in [5.74, 6) is 1.13. The Kier molecular flexibility index (Phi) is 2.77. The SMILES string of the molecule is Cc1nn(C)cc1NC(=O)c1cnc(C2CC2)nc1. The summed E-state index contributed by atoms with van der Waals surface area (Å²) in [5.41, 5.74) is 1.96. The van der Waals surface area contributed by atoms with Gasteiger partial charge in [0.25, 0.3) is 5.91 Å². The number of hydrogen-bond donors (Lipinski definition) is 1. The maximum atomic E-state index is 12.0. The maximum Gasteiger partial charge on any atom is 0.258 e. The quantitative estimate of drug-likeness (QED) is 0.907. The Hall–Kier alpha value is -2.24. The number of nitrogens with zero attached hydrogens (tertiary/aromatic N) is 4. The predicted molar refractivity (Wildman–Crippen MR) is 69.9 cm³/mol. The minimum absolute atomic E-state index is 0.210. The Morgan fingerprint density at radius 1 is 1.37 bits per heavy atom. The van der Waals surface area contributed by atoms with Gasteiger partial charge >= 0.3 is 0 Å². The number of anilines is 1. The van der Waals surface area contributed by atoms with Crippen LogP contribution in [-0.2, 0) is 7.05 Å². The summed E-state index contributed by atoms with van der Waals surface area (Å²) in [6, 6.07) is 0. The van der Waals surface area contributed by atoms with Gasteiger partial charge in [-0.25, -0.2) is 9.97 Å². The molecule has 2 aromatic heterocycles. The number of amides is 1. The fraction of sp³-hybridized carbons (Fsp3) is 0.385. The average molecular weight is 257 g/mol. The van der Waals surface area contributed by atoms with E-state index in [1.807, 2.05) is 14.0 Å². The monoisotopic (exact) mass is 257 g/mol. The number of hydrogen-bond acceptors (Lipinski definition) is 4. The summed E-state index contributed by atoms with van der Waals surface area (Å²) in [7, 11) is 1.82. The molecule has 1 N–H and O–H groups in total. The van der Waals surface area contributed by atoms with Crippen molar-refractivity contribution in [2.45, 2.75) is 25.7 Å². The van der Waals surface area contributed by atoms with Crippen LogP contribution < -0.4 is 5.32 Å². The highest BCUT2D eigenvalue weighted by molar-refractivity contribution is 6.04. The van der Waals surface area contributed by atoms with Crippen LogP contribution in [0.5, 0.6) is 0 Å². The molecule has 98 valence electrons. The summed E-state index contributed by atoms with van der Waals surface area (Å²) >= 11 is 0. The molecule has 0 atom stereocenters. The van der Waals surface area contributed by atoms with Crippen LogP contribution in [0.4, 0.5) is 5.69 Å². The molecule has 3 rings (SSSR count). The summed E-state index contributed by atoms with van der Waals surface area (Å²) in [4.78, 5) is 20.5. The van der Waals surface area contributed by atoms with Gasteiger partial charge in [0.15, 0.2) is 0 Å². The molecule has 6 nitrogen and oxygen atoms in total. The highest BCUT2D eigenvalue weighted by Gasteiger charge is 2.26. The fourth-order valence-corrected chi connectivity index (χ4v) is 1.92. The van der Waals surface area contributed by atoms with E-state index in [-0.39, 0.29) is 5.91 Å². The summed E-state index contributed by atoms with van der Waals surface area (Å²) in [5, 5.41) is 6.98. The molecule has 0 aliphatic heterocycles. The molecule has 0 unspecified atom stereocenters. The fourth-order valence-electron chi connectivity index (χ4n) is 1.92. The van der Waals surface area contributed by atoms with Gasteiger partial charge in [0.1, 0.15) is 5.82 Å². The zero-order valence-electron chi connectivity index (χ0n) is 10.9. The number of carbonyl (C=O) groups is 1. The third kappa shape index (κ3) is 2.47. The van der Waals surface area contributed by atoms with Gasteiger partial charge in [0.05, 0.1) is 16.9 Å². The van der Waals surface area contributed by atoms with Gasteiger partial charge in [-0.3, -0.25) is 9.48 Å². The smallest absolute Gasteiger partial charge is 0.258 e. The average Bonchev–Trinajstić information content (AvgIpc) is 3.17. The Morgan fingerprint density at radius 2 is 2.05 bits per heavy atom. The number of nitrogens with one attached hydrogen (secondary N) is 1. The zero-order chi connectivity index (χ0) is 13.4. The number of carbonyl (C=O) groups excluding carboxylic acids is 1.